The van der Waals surface area contributed by atoms with Crippen molar-refractivity contribution in [2.45, 2.75) is 25.4 Å². The first-order valence-corrected chi connectivity index (χ1v) is 6.39. The van der Waals surface area contributed by atoms with E-state index in [-0.39, 0.29) is 12.7 Å². The van der Waals surface area contributed by atoms with Crippen molar-refractivity contribution in [1.82, 2.24) is 0 Å². The molecule has 0 amide bonds. The Kier molecular flexibility index (Phi) is 9.55. The SMILES string of the molecule is OCC1COCCCOCCCOCCCO1. The fraction of sp³-hybridized carbons (Fsp3) is 1.00. The molecule has 0 bridgehead atoms. The molecule has 102 valence electrons. The van der Waals surface area contributed by atoms with Crippen molar-refractivity contribution in [3.63, 3.8) is 0 Å². The number of ether oxygens (including phenoxy) is 4. The molecule has 5 heteroatoms. The van der Waals surface area contributed by atoms with Crippen molar-refractivity contribution in [3.05, 3.63) is 0 Å². The number of hydrogen-bond donors (Lipinski definition) is 1. The van der Waals surface area contributed by atoms with Crippen LogP contribution in [0.5, 0.6) is 0 Å². The van der Waals surface area contributed by atoms with Crippen LogP contribution in [0.3, 0.4) is 0 Å². The Morgan fingerprint density at radius 3 is 1.88 bits per heavy atom. The van der Waals surface area contributed by atoms with Crippen LogP contribution in [0.25, 0.3) is 0 Å². The van der Waals surface area contributed by atoms with E-state index in [0.29, 0.717) is 33.0 Å². The molecule has 1 heterocycles. The quantitative estimate of drug-likeness (QED) is 0.736. The van der Waals surface area contributed by atoms with Gasteiger partial charge in [-0.2, -0.15) is 0 Å². The largest absolute Gasteiger partial charge is 0.394 e. The lowest BCUT2D eigenvalue weighted by Gasteiger charge is -2.15. The average molecular weight is 248 g/mol. The molecule has 0 radical (unpaired) electrons. The number of aliphatic hydroxyl groups excluding tert-OH is 1. The maximum absolute atomic E-state index is 9.08. The minimum atomic E-state index is -0.221. The molecule has 0 aromatic heterocycles. The summed E-state index contributed by atoms with van der Waals surface area (Å²) in [7, 11) is 0. The van der Waals surface area contributed by atoms with Gasteiger partial charge in [0, 0.05) is 39.6 Å². The third-order valence-corrected chi connectivity index (χ3v) is 2.45. The molecular formula is C12H24O5. The van der Waals surface area contributed by atoms with Crippen molar-refractivity contribution in [3.8, 4) is 0 Å². The van der Waals surface area contributed by atoms with Crippen LogP contribution < -0.4 is 0 Å². The van der Waals surface area contributed by atoms with Crippen LogP contribution in [0.1, 0.15) is 19.3 Å². The maximum Gasteiger partial charge on any atom is 0.104 e. The van der Waals surface area contributed by atoms with Crippen LogP contribution >= 0.6 is 0 Å². The van der Waals surface area contributed by atoms with E-state index in [9.17, 15) is 0 Å². The summed E-state index contributed by atoms with van der Waals surface area (Å²) < 4.78 is 21.7. The molecule has 1 unspecified atom stereocenters. The highest BCUT2D eigenvalue weighted by molar-refractivity contribution is 4.54. The van der Waals surface area contributed by atoms with Gasteiger partial charge in [-0.3, -0.25) is 0 Å². The number of hydrogen-bond acceptors (Lipinski definition) is 5. The second-order valence-corrected chi connectivity index (χ2v) is 4.04. The zero-order valence-electron chi connectivity index (χ0n) is 10.4. The molecule has 1 fully saturated rings. The molecule has 0 spiro atoms. The van der Waals surface area contributed by atoms with Gasteiger partial charge in [0.25, 0.3) is 0 Å². The Morgan fingerprint density at radius 1 is 0.765 bits per heavy atom. The molecule has 17 heavy (non-hydrogen) atoms. The first-order valence-electron chi connectivity index (χ1n) is 6.39. The molecule has 0 saturated carbocycles. The first-order chi connectivity index (χ1) is 8.43. The van der Waals surface area contributed by atoms with Crippen molar-refractivity contribution < 1.29 is 24.1 Å². The van der Waals surface area contributed by atoms with E-state index in [0.717, 1.165) is 32.5 Å². The van der Waals surface area contributed by atoms with E-state index in [2.05, 4.69) is 0 Å². The predicted octanol–water partition coefficient (Wildman–Crippen LogP) is 0.598. The van der Waals surface area contributed by atoms with Crippen LogP contribution in [-0.4, -0.2) is 64.1 Å². The summed E-state index contributed by atoms with van der Waals surface area (Å²) in [5.41, 5.74) is 0. The Labute approximate surface area is 103 Å². The fourth-order valence-electron chi connectivity index (χ4n) is 1.51. The minimum absolute atomic E-state index is 0.00262. The van der Waals surface area contributed by atoms with Crippen molar-refractivity contribution >= 4 is 0 Å². The zero-order chi connectivity index (χ0) is 12.2. The van der Waals surface area contributed by atoms with E-state index >= 15 is 0 Å². The highest BCUT2D eigenvalue weighted by atomic mass is 16.5. The molecule has 1 aliphatic heterocycles. The third kappa shape index (κ3) is 8.51. The topological polar surface area (TPSA) is 57.2 Å². The van der Waals surface area contributed by atoms with Gasteiger partial charge in [0.05, 0.1) is 13.2 Å². The summed E-state index contributed by atoms with van der Waals surface area (Å²) in [5, 5.41) is 9.08. The van der Waals surface area contributed by atoms with Crippen LogP contribution in [0, 0.1) is 0 Å². The number of aliphatic hydroxyl groups is 1. The standard InChI is InChI=1S/C12H24O5/c13-10-12-11-16-8-2-6-14-4-1-5-15-7-3-9-17-12/h12-13H,1-11H2. The molecule has 1 N–H and O–H groups in total. The summed E-state index contributed by atoms with van der Waals surface area (Å²) in [6.45, 7) is 4.58. The molecule has 1 atom stereocenters. The molecule has 0 aromatic rings. The Morgan fingerprint density at radius 2 is 1.29 bits per heavy atom. The van der Waals surface area contributed by atoms with Crippen LogP contribution in [-0.2, 0) is 18.9 Å². The van der Waals surface area contributed by atoms with Gasteiger partial charge in [0.2, 0.25) is 0 Å². The Bertz CT molecular complexity index is 149. The predicted molar refractivity (Wildman–Crippen MR) is 63.1 cm³/mol. The van der Waals surface area contributed by atoms with Crippen molar-refractivity contribution in [2.24, 2.45) is 0 Å². The van der Waals surface area contributed by atoms with Gasteiger partial charge in [-0.15, -0.1) is 0 Å². The van der Waals surface area contributed by atoms with Crippen molar-refractivity contribution in [1.29, 1.82) is 0 Å². The van der Waals surface area contributed by atoms with Gasteiger partial charge in [0.1, 0.15) is 6.10 Å². The second-order valence-electron chi connectivity index (χ2n) is 4.04. The molecular weight excluding hydrogens is 224 g/mol. The number of rotatable bonds is 1. The van der Waals surface area contributed by atoms with Gasteiger partial charge in [0.15, 0.2) is 0 Å². The van der Waals surface area contributed by atoms with Gasteiger partial charge >= 0.3 is 0 Å². The summed E-state index contributed by atoms with van der Waals surface area (Å²) >= 11 is 0. The Balaban J connectivity index is 2.16. The van der Waals surface area contributed by atoms with Gasteiger partial charge in [-0.1, -0.05) is 0 Å². The summed E-state index contributed by atoms with van der Waals surface area (Å²) in [4.78, 5) is 0. The van der Waals surface area contributed by atoms with E-state index in [1.54, 1.807) is 0 Å². The van der Waals surface area contributed by atoms with Gasteiger partial charge in [-0.25, -0.2) is 0 Å². The van der Waals surface area contributed by atoms with E-state index < -0.39 is 0 Å². The highest BCUT2D eigenvalue weighted by Gasteiger charge is 2.07. The minimum Gasteiger partial charge on any atom is -0.394 e. The molecule has 0 aliphatic carbocycles. The second kappa shape index (κ2) is 10.9. The highest BCUT2D eigenvalue weighted by Crippen LogP contribution is 1.98. The monoisotopic (exact) mass is 248 g/mol. The normalized spacial score (nSPS) is 27.0. The van der Waals surface area contributed by atoms with Gasteiger partial charge < -0.3 is 24.1 Å². The molecule has 5 nitrogen and oxygen atoms in total. The summed E-state index contributed by atoms with van der Waals surface area (Å²) in [6, 6.07) is 0. The summed E-state index contributed by atoms with van der Waals surface area (Å²) in [5.74, 6) is 0. The first kappa shape index (κ1) is 14.9. The third-order valence-electron chi connectivity index (χ3n) is 2.45. The summed E-state index contributed by atoms with van der Waals surface area (Å²) in [6.07, 6.45) is 2.43. The van der Waals surface area contributed by atoms with E-state index in [4.69, 9.17) is 24.1 Å². The van der Waals surface area contributed by atoms with Gasteiger partial charge in [-0.05, 0) is 19.3 Å². The molecule has 1 aliphatic rings. The molecule has 1 saturated heterocycles. The molecule has 0 aromatic carbocycles. The lowest BCUT2D eigenvalue weighted by atomic mass is 10.4. The van der Waals surface area contributed by atoms with Crippen molar-refractivity contribution in [2.75, 3.05) is 52.9 Å². The zero-order valence-corrected chi connectivity index (χ0v) is 10.4. The lowest BCUT2D eigenvalue weighted by Crippen LogP contribution is -2.25. The van der Waals surface area contributed by atoms with Crippen LogP contribution in [0.4, 0.5) is 0 Å². The smallest absolute Gasteiger partial charge is 0.104 e. The maximum atomic E-state index is 9.08. The van der Waals surface area contributed by atoms with E-state index in [1.165, 1.54) is 0 Å². The Hall–Kier alpha value is -0.200. The van der Waals surface area contributed by atoms with Crippen LogP contribution in [0.15, 0.2) is 0 Å². The fourth-order valence-corrected chi connectivity index (χ4v) is 1.51. The lowest BCUT2D eigenvalue weighted by molar-refractivity contribution is -0.0481. The van der Waals surface area contributed by atoms with E-state index in [1.807, 2.05) is 0 Å². The molecule has 1 rings (SSSR count). The van der Waals surface area contributed by atoms with Crippen LogP contribution in [0.2, 0.25) is 0 Å². The average Bonchev–Trinajstić information content (AvgIpc) is 2.36.